The van der Waals surface area contributed by atoms with Crippen LogP contribution < -0.4 is 10.9 Å². The van der Waals surface area contributed by atoms with Crippen molar-refractivity contribution in [2.45, 2.75) is 19.5 Å². The van der Waals surface area contributed by atoms with Crippen LogP contribution in [0.15, 0.2) is 46.6 Å². The van der Waals surface area contributed by atoms with Crippen molar-refractivity contribution in [3.63, 3.8) is 0 Å². The van der Waals surface area contributed by atoms with E-state index in [2.05, 4.69) is 15.3 Å². The highest BCUT2D eigenvalue weighted by molar-refractivity contribution is 7.10. The van der Waals surface area contributed by atoms with Crippen LogP contribution in [0, 0.1) is 0 Å². The molecule has 1 amide bonds. The van der Waals surface area contributed by atoms with Crippen LogP contribution in [0.5, 0.6) is 0 Å². The number of amides is 1. The third-order valence-electron chi connectivity index (χ3n) is 3.84. The van der Waals surface area contributed by atoms with Gasteiger partial charge in [0.25, 0.3) is 5.56 Å². The summed E-state index contributed by atoms with van der Waals surface area (Å²) in [6.45, 7) is 2.58. The number of rotatable bonds is 6. The van der Waals surface area contributed by atoms with E-state index in [4.69, 9.17) is 0 Å². The number of carbonyl (C=O) groups excluding carboxylic acids is 1. The summed E-state index contributed by atoms with van der Waals surface area (Å²) in [7, 11) is 1.82. The van der Waals surface area contributed by atoms with Gasteiger partial charge in [-0.25, -0.2) is 4.98 Å². The van der Waals surface area contributed by atoms with Crippen LogP contribution in [-0.2, 0) is 11.3 Å². The van der Waals surface area contributed by atoms with Gasteiger partial charge in [0.1, 0.15) is 5.82 Å². The molecule has 0 aliphatic heterocycles. The molecule has 130 valence electrons. The normalized spacial score (nSPS) is 12.4. The van der Waals surface area contributed by atoms with Crippen LogP contribution in [0.3, 0.4) is 0 Å². The maximum absolute atomic E-state index is 12.2. The first-order valence-electron chi connectivity index (χ1n) is 8.02. The Kier molecular flexibility index (Phi) is 5.25. The number of para-hydroxylation sites is 1. The van der Waals surface area contributed by atoms with Crippen molar-refractivity contribution in [1.29, 1.82) is 0 Å². The fraction of sp³-hybridized carbons (Fsp3) is 0.278. The summed E-state index contributed by atoms with van der Waals surface area (Å²) in [6.07, 6.45) is 0. The zero-order valence-corrected chi connectivity index (χ0v) is 15.0. The predicted octanol–water partition coefficient (Wildman–Crippen LogP) is 2.29. The number of likely N-dealkylation sites (N-methyl/N-ethyl adjacent to an activating group) is 1. The number of benzene rings is 1. The van der Waals surface area contributed by atoms with E-state index in [0.717, 1.165) is 4.88 Å². The number of fused-ring (bicyclic) bond motifs is 1. The first-order chi connectivity index (χ1) is 12.0. The van der Waals surface area contributed by atoms with E-state index < -0.39 is 0 Å². The molecule has 25 heavy (non-hydrogen) atoms. The monoisotopic (exact) mass is 356 g/mol. The largest absolute Gasteiger partial charge is 0.348 e. The summed E-state index contributed by atoms with van der Waals surface area (Å²) >= 11 is 1.62. The first kappa shape index (κ1) is 17.3. The summed E-state index contributed by atoms with van der Waals surface area (Å²) < 4.78 is 0. The molecule has 0 saturated carbocycles. The molecule has 0 bridgehead atoms. The van der Waals surface area contributed by atoms with E-state index in [0.29, 0.717) is 23.3 Å². The van der Waals surface area contributed by atoms with Gasteiger partial charge < -0.3 is 10.3 Å². The molecule has 3 aromatic rings. The second-order valence-electron chi connectivity index (χ2n) is 6.01. The Balaban J connectivity index is 1.61. The molecule has 7 heteroatoms. The molecule has 6 nitrogen and oxygen atoms in total. The minimum Gasteiger partial charge on any atom is -0.348 e. The fourth-order valence-electron chi connectivity index (χ4n) is 2.66. The lowest BCUT2D eigenvalue weighted by Gasteiger charge is -2.18. The van der Waals surface area contributed by atoms with Gasteiger partial charge in [-0.1, -0.05) is 18.2 Å². The zero-order chi connectivity index (χ0) is 17.8. The van der Waals surface area contributed by atoms with Crippen molar-refractivity contribution in [3.05, 3.63) is 62.8 Å². The molecule has 1 atom stereocenters. The number of aromatic nitrogens is 2. The summed E-state index contributed by atoms with van der Waals surface area (Å²) in [4.78, 5) is 34.5. The number of H-pyrrole nitrogens is 1. The number of nitrogens with zero attached hydrogens (tertiary/aromatic N) is 2. The second-order valence-corrected chi connectivity index (χ2v) is 6.99. The predicted molar refractivity (Wildman–Crippen MR) is 99.6 cm³/mol. The lowest BCUT2D eigenvalue weighted by atomic mass is 10.2. The maximum atomic E-state index is 12.2. The Labute approximate surface area is 149 Å². The SMILES string of the molecule is C[C@H](NC(=O)CN(C)Cc1nc2ccccc2c(=O)[nH]1)c1cccs1. The van der Waals surface area contributed by atoms with E-state index in [9.17, 15) is 9.59 Å². The van der Waals surface area contributed by atoms with Crippen LogP contribution >= 0.6 is 11.3 Å². The molecular weight excluding hydrogens is 336 g/mol. The minimum absolute atomic E-state index is 0.0144. The highest BCUT2D eigenvalue weighted by Gasteiger charge is 2.13. The number of nitrogens with one attached hydrogen (secondary N) is 2. The fourth-order valence-corrected chi connectivity index (χ4v) is 3.40. The third kappa shape index (κ3) is 4.32. The Hall–Kier alpha value is -2.51. The molecule has 0 spiro atoms. The molecule has 0 fully saturated rings. The van der Waals surface area contributed by atoms with Gasteiger partial charge in [0.05, 0.1) is 30.0 Å². The topological polar surface area (TPSA) is 78.1 Å². The summed E-state index contributed by atoms with van der Waals surface area (Å²) in [6, 6.07) is 11.2. The molecule has 0 unspecified atom stereocenters. The average molecular weight is 356 g/mol. The Morgan fingerprint density at radius 2 is 2.12 bits per heavy atom. The number of aromatic amines is 1. The number of hydrogen-bond acceptors (Lipinski definition) is 5. The molecule has 1 aromatic carbocycles. The average Bonchev–Trinajstić information content (AvgIpc) is 3.09. The summed E-state index contributed by atoms with van der Waals surface area (Å²) in [5.74, 6) is 0.483. The van der Waals surface area contributed by atoms with E-state index in [1.165, 1.54) is 0 Å². The summed E-state index contributed by atoms with van der Waals surface area (Å²) in [5, 5.41) is 5.54. The highest BCUT2D eigenvalue weighted by atomic mass is 32.1. The number of carbonyl (C=O) groups is 1. The Bertz CT molecular complexity index is 920. The molecule has 0 saturated heterocycles. The standard InChI is InChI=1S/C18H20N4O2S/c1-12(15-8-5-9-25-15)19-17(23)11-22(2)10-16-20-14-7-4-3-6-13(14)18(24)21-16/h3-9,12H,10-11H2,1-2H3,(H,19,23)(H,20,21,24)/t12-/m0/s1. The van der Waals surface area contributed by atoms with Crippen LogP contribution in [0.2, 0.25) is 0 Å². The molecule has 2 aromatic heterocycles. The lowest BCUT2D eigenvalue weighted by Crippen LogP contribution is -2.36. The van der Waals surface area contributed by atoms with E-state index in [1.807, 2.05) is 54.6 Å². The number of hydrogen-bond donors (Lipinski definition) is 2. The van der Waals surface area contributed by atoms with Crippen LogP contribution in [0.1, 0.15) is 23.7 Å². The van der Waals surface area contributed by atoms with Crippen molar-refractivity contribution in [3.8, 4) is 0 Å². The van der Waals surface area contributed by atoms with Gasteiger partial charge in [-0.2, -0.15) is 0 Å². The Morgan fingerprint density at radius 3 is 2.88 bits per heavy atom. The smallest absolute Gasteiger partial charge is 0.258 e. The minimum atomic E-state index is -0.162. The van der Waals surface area contributed by atoms with Gasteiger partial charge in [0, 0.05) is 4.88 Å². The van der Waals surface area contributed by atoms with Crippen LogP contribution in [0.25, 0.3) is 10.9 Å². The van der Waals surface area contributed by atoms with Gasteiger partial charge in [0.2, 0.25) is 5.91 Å². The molecule has 2 N–H and O–H groups in total. The van der Waals surface area contributed by atoms with Gasteiger partial charge in [-0.15, -0.1) is 11.3 Å². The number of thiophene rings is 1. The molecule has 0 radical (unpaired) electrons. The lowest BCUT2D eigenvalue weighted by molar-refractivity contribution is -0.122. The molecule has 2 heterocycles. The van der Waals surface area contributed by atoms with E-state index in [-0.39, 0.29) is 24.1 Å². The van der Waals surface area contributed by atoms with E-state index >= 15 is 0 Å². The molecule has 0 aliphatic rings. The highest BCUT2D eigenvalue weighted by Crippen LogP contribution is 2.17. The molecule has 0 aliphatic carbocycles. The van der Waals surface area contributed by atoms with Crippen molar-refractivity contribution in [2.75, 3.05) is 13.6 Å². The quantitative estimate of drug-likeness (QED) is 0.710. The summed E-state index contributed by atoms with van der Waals surface area (Å²) in [5.41, 5.74) is 0.496. The van der Waals surface area contributed by atoms with Gasteiger partial charge >= 0.3 is 0 Å². The Morgan fingerprint density at radius 1 is 1.32 bits per heavy atom. The van der Waals surface area contributed by atoms with E-state index in [1.54, 1.807) is 17.4 Å². The van der Waals surface area contributed by atoms with Gasteiger partial charge in [-0.05, 0) is 37.6 Å². The third-order valence-corrected chi connectivity index (χ3v) is 4.90. The van der Waals surface area contributed by atoms with Crippen molar-refractivity contribution >= 4 is 28.1 Å². The maximum Gasteiger partial charge on any atom is 0.258 e. The van der Waals surface area contributed by atoms with Gasteiger partial charge in [0.15, 0.2) is 0 Å². The molecule has 3 rings (SSSR count). The first-order valence-corrected chi connectivity index (χ1v) is 8.90. The zero-order valence-electron chi connectivity index (χ0n) is 14.2. The molecular formula is C18H20N4O2S. The van der Waals surface area contributed by atoms with Crippen molar-refractivity contribution < 1.29 is 4.79 Å². The van der Waals surface area contributed by atoms with Crippen LogP contribution in [0.4, 0.5) is 0 Å². The van der Waals surface area contributed by atoms with Crippen LogP contribution in [-0.4, -0.2) is 34.4 Å². The van der Waals surface area contributed by atoms with Crippen molar-refractivity contribution in [2.24, 2.45) is 0 Å². The second kappa shape index (κ2) is 7.58. The van der Waals surface area contributed by atoms with Gasteiger partial charge in [-0.3, -0.25) is 14.5 Å². The van der Waals surface area contributed by atoms with Crippen molar-refractivity contribution in [1.82, 2.24) is 20.2 Å².